The summed E-state index contributed by atoms with van der Waals surface area (Å²) < 4.78 is 1.09. The molecule has 0 saturated heterocycles. The maximum atomic E-state index is 4.28. The van der Waals surface area contributed by atoms with Gasteiger partial charge >= 0.3 is 0 Å². The van der Waals surface area contributed by atoms with Gasteiger partial charge in [-0.15, -0.1) is 11.3 Å². The number of thiazole rings is 1. The highest BCUT2D eigenvalue weighted by molar-refractivity contribution is 9.10. The second kappa shape index (κ2) is 4.77. The molecule has 0 bridgehead atoms. The van der Waals surface area contributed by atoms with Crippen molar-refractivity contribution in [2.45, 2.75) is 13.0 Å². The normalized spacial score (nSPS) is 12.4. The van der Waals surface area contributed by atoms with E-state index in [1.807, 2.05) is 29.8 Å². The maximum absolute atomic E-state index is 4.28. The van der Waals surface area contributed by atoms with Crippen molar-refractivity contribution in [1.82, 2.24) is 4.98 Å². The minimum atomic E-state index is 0.248. The predicted molar refractivity (Wildman–Crippen MR) is 68.3 cm³/mol. The Morgan fingerprint density at radius 2 is 2.07 bits per heavy atom. The fourth-order valence-electron chi connectivity index (χ4n) is 1.31. The number of rotatable bonds is 3. The van der Waals surface area contributed by atoms with Gasteiger partial charge in [-0.05, 0) is 31.2 Å². The molecule has 1 aromatic heterocycles. The summed E-state index contributed by atoms with van der Waals surface area (Å²) in [4.78, 5) is 4.28. The molecule has 78 valence electrons. The number of hydrogen-bond donors (Lipinski definition) is 1. The lowest BCUT2D eigenvalue weighted by Gasteiger charge is -2.12. The van der Waals surface area contributed by atoms with Crippen LogP contribution in [0.3, 0.4) is 0 Å². The number of anilines is 1. The summed E-state index contributed by atoms with van der Waals surface area (Å²) in [5.74, 6) is 0. The number of nitrogens with one attached hydrogen (secondary N) is 1. The fourth-order valence-corrected chi connectivity index (χ4v) is 2.22. The second-order valence-corrected chi connectivity index (χ2v) is 4.92. The molecule has 0 radical (unpaired) electrons. The van der Waals surface area contributed by atoms with E-state index in [0.29, 0.717) is 0 Å². The standard InChI is InChI=1S/C11H11BrN2S/c1-8(11-6-15-7-13-11)14-10-4-2-9(12)3-5-10/h2-8,14H,1H3. The summed E-state index contributed by atoms with van der Waals surface area (Å²) in [7, 11) is 0. The van der Waals surface area contributed by atoms with Gasteiger partial charge in [-0.1, -0.05) is 15.9 Å². The smallest absolute Gasteiger partial charge is 0.0795 e. The van der Waals surface area contributed by atoms with Crippen LogP contribution in [0, 0.1) is 0 Å². The summed E-state index contributed by atoms with van der Waals surface area (Å²) in [6.45, 7) is 2.11. The molecule has 0 aliphatic heterocycles. The van der Waals surface area contributed by atoms with E-state index < -0.39 is 0 Å². The lowest BCUT2D eigenvalue weighted by molar-refractivity contribution is 0.850. The van der Waals surface area contributed by atoms with Crippen LogP contribution in [0.4, 0.5) is 5.69 Å². The molecule has 0 aliphatic rings. The van der Waals surface area contributed by atoms with E-state index in [0.717, 1.165) is 15.9 Å². The van der Waals surface area contributed by atoms with E-state index in [4.69, 9.17) is 0 Å². The van der Waals surface area contributed by atoms with Crippen molar-refractivity contribution in [2.75, 3.05) is 5.32 Å². The highest BCUT2D eigenvalue weighted by Crippen LogP contribution is 2.20. The lowest BCUT2D eigenvalue weighted by Crippen LogP contribution is -2.06. The van der Waals surface area contributed by atoms with E-state index >= 15 is 0 Å². The quantitative estimate of drug-likeness (QED) is 0.918. The van der Waals surface area contributed by atoms with Crippen molar-refractivity contribution < 1.29 is 0 Å². The van der Waals surface area contributed by atoms with E-state index in [-0.39, 0.29) is 6.04 Å². The van der Waals surface area contributed by atoms with Gasteiger partial charge in [0.1, 0.15) is 0 Å². The number of hydrogen-bond acceptors (Lipinski definition) is 3. The fraction of sp³-hybridized carbons (Fsp3) is 0.182. The van der Waals surface area contributed by atoms with Gasteiger partial charge in [0.25, 0.3) is 0 Å². The second-order valence-electron chi connectivity index (χ2n) is 3.29. The Hall–Kier alpha value is -0.870. The van der Waals surface area contributed by atoms with Crippen molar-refractivity contribution in [3.05, 3.63) is 45.3 Å². The third-order valence-corrected chi connectivity index (χ3v) is 3.26. The first kappa shape index (κ1) is 10.6. The molecule has 1 heterocycles. The Labute approximate surface area is 101 Å². The predicted octanol–water partition coefficient (Wildman–Crippen LogP) is 4.08. The molecule has 15 heavy (non-hydrogen) atoms. The third kappa shape index (κ3) is 2.79. The van der Waals surface area contributed by atoms with Crippen LogP contribution in [0.5, 0.6) is 0 Å². The largest absolute Gasteiger partial charge is 0.377 e. The first-order valence-electron chi connectivity index (χ1n) is 4.66. The van der Waals surface area contributed by atoms with Gasteiger partial charge in [-0.2, -0.15) is 0 Å². The van der Waals surface area contributed by atoms with Gasteiger partial charge in [0.15, 0.2) is 0 Å². The average Bonchev–Trinajstić information content (AvgIpc) is 2.74. The highest BCUT2D eigenvalue weighted by Gasteiger charge is 2.06. The van der Waals surface area contributed by atoms with Gasteiger partial charge in [0.2, 0.25) is 0 Å². The molecule has 0 fully saturated rings. The molecule has 0 amide bonds. The highest BCUT2D eigenvalue weighted by atomic mass is 79.9. The molecule has 0 spiro atoms. The Morgan fingerprint density at radius 1 is 1.33 bits per heavy atom. The van der Waals surface area contributed by atoms with Crippen molar-refractivity contribution >= 4 is 33.0 Å². The first-order chi connectivity index (χ1) is 7.25. The Kier molecular flexibility index (Phi) is 3.38. The molecule has 1 aromatic carbocycles. The van der Waals surface area contributed by atoms with E-state index in [1.54, 1.807) is 11.3 Å². The molecule has 4 heteroatoms. The first-order valence-corrected chi connectivity index (χ1v) is 6.39. The number of halogens is 1. The zero-order valence-electron chi connectivity index (χ0n) is 8.27. The molecule has 2 aromatic rings. The monoisotopic (exact) mass is 282 g/mol. The van der Waals surface area contributed by atoms with Crippen molar-refractivity contribution in [1.29, 1.82) is 0 Å². The molecule has 1 atom stereocenters. The van der Waals surface area contributed by atoms with E-state index in [9.17, 15) is 0 Å². The summed E-state index contributed by atoms with van der Waals surface area (Å²) >= 11 is 5.03. The van der Waals surface area contributed by atoms with E-state index in [1.165, 1.54) is 0 Å². The summed E-state index contributed by atoms with van der Waals surface area (Å²) in [5.41, 5.74) is 4.05. The van der Waals surface area contributed by atoms with Crippen molar-refractivity contribution in [3.63, 3.8) is 0 Å². The molecular weight excluding hydrogens is 272 g/mol. The summed E-state index contributed by atoms with van der Waals surface area (Å²) in [5, 5.41) is 5.46. The summed E-state index contributed by atoms with van der Waals surface area (Å²) in [6.07, 6.45) is 0. The van der Waals surface area contributed by atoms with Gasteiger partial charge in [-0.25, -0.2) is 4.98 Å². The van der Waals surface area contributed by atoms with Crippen molar-refractivity contribution in [2.24, 2.45) is 0 Å². The Morgan fingerprint density at radius 3 is 2.67 bits per heavy atom. The molecule has 0 saturated carbocycles. The molecular formula is C11H11BrN2S. The van der Waals surface area contributed by atoms with Crippen LogP contribution in [-0.2, 0) is 0 Å². The average molecular weight is 283 g/mol. The van der Waals surface area contributed by atoms with Gasteiger partial charge in [-0.3, -0.25) is 0 Å². The number of nitrogens with zero attached hydrogens (tertiary/aromatic N) is 1. The molecule has 1 N–H and O–H groups in total. The van der Waals surface area contributed by atoms with Crippen LogP contribution >= 0.6 is 27.3 Å². The topological polar surface area (TPSA) is 24.9 Å². The maximum Gasteiger partial charge on any atom is 0.0795 e. The Balaban J connectivity index is 2.06. The minimum Gasteiger partial charge on any atom is -0.377 e. The minimum absolute atomic E-state index is 0.248. The van der Waals surface area contributed by atoms with Gasteiger partial charge in [0.05, 0.1) is 17.2 Å². The number of aromatic nitrogens is 1. The SMILES string of the molecule is CC(Nc1ccc(Br)cc1)c1cscn1. The van der Waals surface area contributed by atoms with Gasteiger partial charge < -0.3 is 5.32 Å². The Bertz CT molecular complexity index is 411. The van der Waals surface area contributed by atoms with E-state index in [2.05, 4.69) is 38.5 Å². The lowest BCUT2D eigenvalue weighted by atomic mass is 10.2. The van der Waals surface area contributed by atoms with Crippen molar-refractivity contribution in [3.8, 4) is 0 Å². The van der Waals surface area contributed by atoms with Crippen LogP contribution in [0.1, 0.15) is 18.7 Å². The zero-order valence-corrected chi connectivity index (χ0v) is 10.7. The molecule has 1 unspecified atom stereocenters. The molecule has 0 aliphatic carbocycles. The van der Waals surface area contributed by atoms with Crippen LogP contribution in [0.25, 0.3) is 0 Å². The van der Waals surface area contributed by atoms with Crippen LogP contribution in [-0.4, -0.2) is 4.98 Å². The molecule has 2 rings (SSSR count). The number of benzene rings is 1. The van der Waals surface area contributed by atoms with Crippen LogP contribution < -0.4 is 5.32 Å². The third-order valence-electron chi connectivity index (χ3n) is 2.12. The molecule has 2 nitrogen and oxygen atoms in total. The van der Waals surface area contributed by atoms with Gasteiger partial charge in [0, 0.05) is 15.5 Å². The van der Waals surface area contributed by atoms with Crippen LogP contribution in [0.15, 0.2) is 39.6 Å². The zero-order chi connectivity index (χ0) is 10.7. The van der Waals surface area contributed by atoms with Crippen LogP contribution in [0.2, 0.25) is 0 Å². The summed E-state index contributed by atoms with van der Waals surface area (Å²) in [6, 6.07) is 8.39.